The molecule has 112 valence electrons. The lowest BCUT2D eigenvalue weighted by Crippen LogP contribution is -2.13. The fourth-order valence-electron chi connectivity index (χ4n) is 2.29. The average Bonchev–Trinajstić information content (AvgIpc) is 2.93. The summed E-state index contributed by atoms with van der Waals surface area (Å²) in [5.41, 5.74) is 3.82. The third kappa shape index (κ3) is 2.83. The van der Waals surface area contributed by atoms with Crippen molar-refractivity contribution < 1.29 is 4.42 Å². The van der Waals surface area contributed by atoms with E-state index in [4.69, 9.17) is 4.42 Å². The maximum absolute atomic E-state index is 5.44. The number of aryl methyl sites for hydroxylation is 1. The van der Waals surface area contributed by atoms with Gasteiger partial charge in [0.05, 0.1) is 12.0 Å². The average molecular weight is 294 g/mol. The molecule has 3 heterocycles. The molecule has 0 saturated heterocycles. The monoisotopic (exact) mass is 294 g/mol. The van der Waals surface area contributed by atoms with Crippen LogP contribution < -0.4 is 5.32 Å². The minimum absolute atomic E-state index is 0.269. The molecule has 0 unspecified atom stereocenters. The highest BCUT2D eigenvalue weighted by atomic mass is 16.3. The number of hydrogen-bond acceptors (Lipinski definition) is 5. The fourth-order valence-corrected chi connectivity index (χ4v) is 2.29. The Kier molecular flexibility index (Phi) is 3.87. The number of furan rings is 1. The first-order valence-electron chi connectivity index (χ1n) is 7.23. The molecular weight excluding hydrogens is 276 g/mol. The van der Waals surface area contributed by atoms with Crippen LogP contribution in [0.2, 0.25) is 0 Å². The van der Waals surface area contributed by atoms with E-state index in [2.05, 4.69) is 34.1 Å². The number of anilines is 1. The molecule has 0 atom stereocenters. The number of pyridine rings is 1. The van der Waals surface area contributed by atoms with Crippen LogP contribution in [-0.4, -0.2) is 21.0 Å². The van der Waals surface area contributed by atoms with Crippen LogP contribution in [0.25, 0.3) is 22.4 Å². The van der Waals surface area contributed by atoms with Crippen molar-refractivity contribution in [3.63, 3.8) is 0 Å². The zero-order valence-corrected chi connectivity index (χ0v) is 12.9. The van der Waals surface area contributed by atoms with Crippen molar-refractivity contribution in [2.24, 2.45) is 0 Å². The second-order valence-corrected chi connectivity index (χ2v) is 5.38. The van der Waals surface area contributed by atoms with Gasteiger partial charge in [0.2, 0.25) is 5.95 Å². The zero-order chi connectivity index (χ0) is 15.5. The van der Waals surface area contributed by atoms with Gasteiger partial charge < -0.3 is 9.73 Å². The Morgan fingerprint density at radius 2 is 1.86 bits per heavy atom. The molecule has 0 spiro atoms. The van der Waals surface area contributed by atoms with E-state index in [0.717, 1.165) is 28.1 Å². The normalized spacial score (nSPS) is 10.9. The van der Waals surface area contributed by atoms with Crippen molar-refractivity contribution in [2.45, 2.75) is 26.8 Å². The Morgan fingerprint density at radius 1 is 1.09 bits per heavy atom. The molecular formula is C17H18N4O. The van der Waals surface area contributed by atoms with Gasteiger partial charge in [-0.05, 0) is 44.5 Å². The second kappa shape index (κ2) is 5.97. The molecule has 1 N–H and O–H groups in total. The molecule has 3 aromatic rings. The summed E-state index contributed by atoms with van der Waals surface area (Å²) in [4.78, 5) is 13.2. The highest BCUT2D eigenvalue weighted by Crippen LogP contribution is 2.32. The highest BCUT2D eigenvalue weighted by molar-refractivity contribution is 5.81. The van der Waals surface area contributed by atoms with E-state index in [0.29, 0.717) is 5.95 Å². The Balaban J connectivity index is 2.16. The molecule has 0 radical (unpaired) electrons. The molecule has 0 saturated carbocycles. The molecule has 0 fully saturated rings. The lowest BCUT2D eigenvalue weighted by atomic mass is 10.0. The van der Waals surface area contributed by atoms with E-state index < -0.39 is 0 Å². The summed E-state index contributed by atoms with van der Waals surface area (Å²) in [5.74, 6) is 1.45. The quantitative estimate of drug-likeness (QED) is 0.790. The number of hydrogen-bond donors (Lipinski definition) is 1. The predicted octanol–water partition coefficient (Wildman–Crippen LogP) is 3.93. The smallest absolute Gasteiger partial charge is 0.223 e. The van der Waals surface area contributed by atoms with Crippen molar-refractivity contribution in [1.82, 2.24) is 15.0 Å². The van der Waals surface area contributed by atoms with Crippen LogP contribution in [0.3, 0.4) is 0 Å². The number of nitrogens with zero attached hydrogens (tertiary/aromatic N) is 3. The van der Waals surface area contributed by atoms with Crippen LogP contribution in [-0.2, 0) is 0 Å². The summed E-state index contributed by atoms with van der Waals surface area (Å²) >= 11 is 0. The van der Waals surface area contributed by atoms with Crippen molar-refractivity contribution in [2.75, 3.05) is 5.32 Å². The second-order valence-electron chi connectivity index (χ2n) is 5.38. The maximum Gasteiger partial charge on any atom is 0.223 e. The van der Waals surface area contributed by atoms with Crippen LogP contribution in [0, 0.1) is 6.92 Å². The van der Waals surface area contributed by atoms with E-state index in [1.807, 2.05) is 31.3 Å². The molecule has 3 rings (SSSR count). The third-order valence-corrected chi connectivity index (χ3v) is 3.31. The Labute approximate surface area is 129 Å². The number of rotatable bonds is 4. The van der Waals surface area contributed by atoms with Gasteiger partial charge in [0.25, 0.3) is 0 Å². The molecule has 0 aliphatic carbocycles. The van der Waals surface area contributed by atoms with E-state index in [-0.39, 0.29) is 6.04 Å². The van der Waals surface area contributed by atoms with E-state index in [1.54, 1.807) is 18.7 Å². The molecule has 3 aromatic heterocycles. The Hall–Kier alpha value is -2.69. The Bertz CT molecular complexity index is 765. The lowest BCUT2D eigenvalue weighted by molar-refractivity contribution is 0.535. The third-order valence-electron chi connectivity index (χ3n) is 3.31. The van der Waals surface area contributed by atoms with Gasteiger partial charge in [-0.25, -0.2) is 9.97 Å². The summed E-state index contributed by atoms with van der Waals surface area (Å²) in [6, 6.07) is 6.10. The van der Waals surface area contributed by atoms with Crippen LogP contribution >= 0.6 is 0 Å². The molecule has 0 aromatic carbocycles. The number of nitrogens with one attached hydrogen (secondary N) is 1. The van der Waals surface area contributed by atoms with Gasteiger partial charge in [-0.2, -0.15) is 0 Å². The van der Waals surface area contributed by atoms with Crippen LogP contribution in [0.15, 0.2) is 47.5 Å². The molecule has 5 nitrogen and oxygen atoms in total. The van der Waals surface area contributed by atoms with Crippen LogP contribution in [0.1, 0.15) is 19.6 Å². The topological polar surface area (TPSA) is 63.8 Å². The molecule has 5 heteroatoms. The van der Waals surface area contributed by atoms with Crippen molar-refractivity contribution in [3.8, 4) is 22.4 Å². The largest absolute Gasteiger partial charge is 0.469 e. The van der Waals surface area contributed by atoms with Crippen molar-refractivity contribution >= 4 is 5.95 Å². The van der Waals surface area contributed by atoms with Gasteiger partial charge in [0.15, 0.2) is 0 Å². The summed E-state index contributed by atoms with van der Waals surface area (Å²) < 4.78 is 5.44. The van der Waals surface area contributed by atoms with Gasteiger partial charge in [0.1, 0.15) is 5.76 Å². The predicted molar refractivity (Wildman–Crippen MR) is 86.5 cm³/mol. The fraction of sp³-hybridized carbons (Fsp3) is 0.235. The van der Waals surface area contributed by atoms with E-state index >= 15 is 0 Å². The summed E-state index contributed by atoms with van der Waals surface area (Å²) in [7, 11) is 0. The molecule has 0 amide bonds. The number of aromatic nitrogens is 3. The minimum Gasteiger partial charge on any atom is -0.469 e. The highest BCUT2D eigenvalue weighted by Gasteiger charge is 2.15. The lowest BCUT2D eigenvalue weighted by Gasteiger charge is -2.12. The van der Waals surface area contributed by atoms with Gasteiger partial charge >= 0.3 is 0 Å². The summed E-state index contributed by atoms with van der Waals surface area (Å²) in [6.07, 6.45) is 7.05. The van der Waals surface area contributed by atoms with Crippen LogP contribution in [0.5, 0.6) is 0 Å². The van der Waals surface area contributed by atoms with Gasteiger partial charge in [-0.1, -0.05) is 0 Å². The standard InChI is InChI=1S/C17H18N4O/c1-11(2)20-17-19-10-15(13-4-7-18-8-5-13)16(21-17)14-6-9-22-12(14)3/h4-11H,1-3H3,(H,19,20,21). The molecule has 0 aliphatic rings. The molecule has 0 aliphatic heterocycles. The van der Waals surface area contributed by atoms with Gasteiger partial charge in [0, 0.05) is 35.8 Å². The SMILES string of the molecule is Cc1occc1-c1nc(NC(C)C)ncc1-c1ccncc1. The summed E-state index contributed by atoms with van der Waals surface area (Å²) in [6.45, 7) is 6.05. The molecule has 22 heavy (non-hydrogen) atoms. The van der Waals surface area contributed by atoms with E-state index in [1.165, 1.54) is 0 Å². The van der Waals surface area contributed by atoms with Crippen molar-refractivity contribution in [1.29, 1.82) is 0 Å². The van der Waals surface area contributed by atoms with Crippen molar-refractivity contribution in [3.05, 3.63) is 48.8 Å². The van der Waals surface area contributed by atoms with Gasteiger partial charge in [-0.15, -0.1) is 0 Å². The molecule has 0 bridgehead atoms. The minimum atomic E-state index is 0.269. The maximum atomic E-state index is 5.44. The zero-order valence-electron chi connectivity index (χ0n) is 12.9. The van der Waals surface area contributed by atoms with E-state index in [9.17, 15) is 0 Å². The Morgan fingerprint density at radius 3 is 2.50 bits per heavy atom. The first-order chi connectivity index (χ1) is 10.6. The first-order valence-corrected chi connectivity index (χ1v) is 7.23. The first kappa shape index (κ1) is 14.3. The van der Waals surface area contributed by atoms with Crippen LogP contribution in [0.4, 0.5) is 5.95 Å². The summed E-state index contributed by atoms with van der Waals surface area (Å²) in [5, 5.41) is 3.24. The van der Waals surface area contributed by atoms with Gasteiger partial charge in [-0.3, -0.25) is 4.98 Å².